The largest absolute Gasteiger partial charge is 0.358 e. The molecule has 0 spiro atoms. The maximum atomic E-state index is 12.4. The van der Waals surface area contributed by atoms with Gasteiger partial charge in [0.25, 0.3) is 10.0 Å². The lowest BCUT2D eigenvalue weighted by Gasteiger charge is -2.11. The zero-order valence-corrected chi connectivity index (χ0v) is 21.2. The van der Waals surface area contributed by atoms with Crippen LogP contribution in [0.1, 0.15) is 22.4 Å². The quantitative estimate of drug-likeness (QED) is 0.287. The summed E-state index contributed by atoms with van der Waals surface area (Å²) >= 11 is 0. The van der Waals surface area contributed by atoms with Crippen molar-refractivity contribution in [3.05, 3.63) is 77.0 Å². The topological polar surface area (TPSA) is 144 Å². The third-order valence-electron chi connectivity index (χ3n) is 5.75. The predicted octanol–water partition coefficient (Wildman–Crippen LogP) is 2.77. The molecule has 4 rings (SSSR count). The van der Waals surface area contributed by atoms with Crippen LogP contribution in [-0.2, 0) is 23.0 Å². The number of carbonyl (C=O) groups excluding carboxylic acids is 1. The first kappa shape index (κ1) is 25.1. The monoisotopic (exact) mass is 507 g/mol. The molecule has 0 aliphatic carbocycles. The Balaban J connectivity index is 1.39. The molecule has 0 unspecified atom stereocenters. The minimum absolute atomic E-state index is 0.00159. The van der Waals surface area contributed by atoms with Crippen molar-refractivity contribution < 1.29 is 13.2 Å². The Morgan fingerprint density at radius 3 is 2.31 bits per heavy atom. The highest BCUT2D eigenvalue weighted by Gasteiger charge is 2.18. The van der Waals surface area contributed by atoms with Gasteiger partial charge in [-0.05, 0) is 67.3 Å². The van der Waals surface area contributed by atoms with Crippen LogP contribution in [0.15, 0.2) is 59.5 Å². The first-order chi connectivity index (χ1) is 17.2. The Bertz CT molecular complexity index is 1500. The van der Waals surface area contributed by atoms with E-state index in [1.54, 1.807) is 12.1 Å². The molecule has 188 valence electrons. The highest BCUT2D eigenvalue weighted by Crippen LogP contribution is 2.26. The number of carbonyl (C=O) groups is 1. The third-order valence-corrected chi connectivity index (χ3v) is 7.09. The molecule has 0 saturated heterocycles. The second kappa shape index (κ2) is 10.3. The molecular weight excluding hydrogens is 478 g/mol. The fraction of sp³-hybridized carbons (Fsp3) is 0.240. The fourth-order valence-corrected chi connectivity index (χ4v) is 4.86. The van der Waals surface area contributed by atoms with Crippen LogP contribution in [0.4, 0.5) is 10.7 Å². The van der Waals surface area contributed by atoms with Crippen molar-refractivity contribution in [2.45, 2.75) is 31.7 Å². The summed E-state index contributed by atoms with van der Waals surface area (Å²) in [6.07, 6.45) is 0.527. The molecule has 4 aromatic rings. The fourth-order valence-electron chi connectivity index (χ4n) is 3.93. The van der Waals surface area contributed by atoms with Gasteiger partial charge in [-0.25, -0.2) is 27.9 Å². The molecule has 0 radical (unpaired) electrons. The molecule has 2 heterocycles. The van der Waals surface area contributed by atoms with Gasteiger partial charge < -0.3 is 16.4 Å². The Kier molecular flexibility index (Phi) is 7.22. The molecule has 0 saturated carbocycles. The summed E-state index contributed by atoms with van der Waals surface area (Å²) in [6, 6.07) is 15.1. The summed E-state index contributed by atoms with van der Waals surface area (Å²) in [5.74, 6) is 0.691. The van der Waals surface area contributed by atoms with E-state index >= 15 is 0 Å². The molecule has 2 amide bonds. The maximum absolute atomic E-state index is 12.4. The van der Waals surface area contributed by atoms with Gasteiger partial charge in [-0.1, -0.05) is 24.3 Å². The summed E-state index contributed by atoms with van der Waals surface area (Å²) in [5.41, 5.74) is 11.8. The first-order valence-electron chi connectivity index (χ1n) is 11.4. The number of amides is 2. The van der Waals surface area contributed by atoms with Gasteiger partial charge in [-0.15, -0.1) is 0 Å². The number of hydrogen-bond acceptors (Lipinski definition) is 7. The van der Waals surface area contributed by atoms with Crippen LogP contribution < -0.4 is 21.1 Å². The Labute approximate surface area is 210 Å². The zero-order valence-electron chi connectivity index (χ0n) is 20.4. The molecule has 5 N–H and O–H groups in total. The smallest absolute Gasteiger partial charge is 0.328 e. The number of nitrogens with two attached hydrogens (primary N) is 1. The molecule has 10 nitrogen and oxygen atoms in total. The molecule has 0 atom stereocenters. The second-order valence-corrected chi connectivity index (χ2v) is 10.1. The van der Waals surface area contributed by atoms with Crippen molar-refractivity contribution in [1.82, 2.24) is 24.6 Å². The van der Waals surface area contributed by atoms with E-state index in [9.17, 15) is 13.2 Å². The van der Waals surface area contributed by atoms with Gasteiger partial charge in [0.05, 0.1) is 10.6 Å². The number of aryl methyl sites for hydroxylation is 2. The van der Waals surface area contributed by atoms with Gasteiger partial charge in [-0.3, -0.25) is 4.57 Å². The number of urea groups is 1. The summed E-state index contributed by atoms with van der Waals surface area (Å²) in [7, 11) is -2.14. The van der Waals surface area contributed by atoms with Crippen molar-refractivity contribution in [3.63, 3.8) is 0 Å². The lowest BCUT2D eigenvalue weighted by Crippen LogP contribution is -2.40. The molecule has 2 aromatic carbocycles. The average molecular weight is 508 g/mol. The number of benzene rings is 2. The lowest BCUT2D eigenvalue weighted by atomic mass is 10.1. The number of rotatable bonds is 8. The average Bonchev–Trinajstić information content (AvgIpc) is 3.23. The number of hydrogen-bond donors (Lipinski definition) is 4. The van der Waals surface area contributed by atoms with E-state index < -0.39 is 16.1 Å². The van der Waals surface area contributed by atoms with E-state index in [4.69, 9.17) is 5.73 Å². The van der Waals surface area contributed by atoms with E-state index in [1.807, 2.05) is 60.5 Å². The number of fused-ring (bicyclic) bond motifs is 1. The van der Waals surface area contributed by atoms with Gasteiger partial charge >= 0.3 is 6.03 Å². The van der Waals surface area contributed by atoms with Crippen molar-refractivity contribution in [2.24, 2.45) is 5.73 Å². The van der Waals surface area contributed by atoms with Crippen molar-refractivity contribution in [2.75, 3.05) is 18.9 Å². The van der Waals surface area contributed by atoms with Crippen molar-refractivity contribution in [1.29, 1.82) is 0 Å². The van der Waals surface area contributed by atoms with Crippen LogP contribution in [0.3, 0.4) is 0 Å². The molecule has 0 fully saturated rings. The van der Waals surface area contributed by atoms with E-state index in [-0.39, 0.29) is 11.4 Å². The molecule has 0 aliphatic heterocycles. The minimum Gasteiger partial charge on any atom is -0.358 e. The molecular formula is C25H29N7O3S. The van der Waals surface area contributed by atoms with Gasteiger partial charge in [0.2, 0.25) is 5.95 Å². The van der Waals surface area contributed by atoms with E-state index in [2.05, 4.69) is 20.6 Å². The van der Waals surface area contributed by atoms with E-state index in [1.165, 1.54) is 12.1 Å². The highest BCUT2D eigenvalue weighted by atomic mass is 32.2. The van der Waals surface area contributed by atoms with Crippen molar-refractivity contribution in [3.8, 4) is 5.69 Å². The van der Waals surface area contributed by atoms with Gasteiger partial charge in [0.1, 0.15) is 5.52 Å². The summed E-state index contributed by atoms with van der Waals surface area (Å²) < 4.78 is 28.8. The van der Waals surface area contributed by atoms with Crippen molar-refractivity contribution >= 4 is 33.2 Å². The van der Waals surface area contributed by atoms with Crippen LogP contribution in [-0.4, -0.2) is 42.6 Å². The van der Waals surface area contributed by atoms with Crippen LogP contribution in [0, 0.1) is 13.8 Å². The van der Waals surface area contributed by atoms with Gasteiger partial charge in [0.15, 0.2) is 5.65 Å². The molecule has 36 heavy (non-hydrogen) atoms. The predicted molar refractivity (Wildman–Crippen MR) is 140 cm³/mol. The number of imidazole rings is 1. The summed E-state index contributed by atoms with van der Waals surface area (Å²) in [6.45, 7) is 4.55. The standard InChI is InChI=1S/C25H29N7O3S/c1-16-14-17(2)29-23-22(16)30-24(27-3)32(23)20-8-4-18(5-9-20)12-13-28-25(33)31-36(34,35)21-10-6-19(15-26)7-11-21/h4-11,14H,12-13,15,26H2,1-3H3,(H,27,30)(H2,28,31,33). The lowest BCUT2D eigenvalue weighted by molar-refractivity contribution is 0.246. The Hall–Kier alpha value is -3.96. The number of nitrogens with zero attached hydrogens (tertiary/aromatic N) is 3. The molecule has 0 aliphatic rings. The van der Waals surface area contributed by atoms with E-state index in [0.717, 1.165) is 39.2 Å². The molecule has 11 heteroatoms. The summed E-state index contributed by atoms with van der Waals surface area (Å²) in [5, 5.41) is 5.72. The van der Waals surface area contributed by atoms with Crippen LogP contribution in [0.25, 0.3) is 16.9 Å². The number of sulfonamides is 1. The molecule has 0 bridgehead atoms. The number of aromatic nitrogens is 3. The number of nitrogens with one attached hydrogen (secondary N) is 3. The summed E-state index contributed by atoms with van der Waals surface area (Å²) in [4.78, 5) is 21.5. The second-order valence-electron chi connectivity index (χ2n) is 8.40. The Morgan fingerprint density at radius 2 is 1.67 bits per heavy atom. The van der Waals surface area contributed by atoms with Gasteiger partial charge in [-0.2, -0.15) is 0 Å². The number of anilines is 1. The highest BCUT2D eigenvalue weighted by molar-refractivity contribution is 7.90. The van der Waals surface area contributed by atoms with Gasteiger partial charge in [0, 0.05) is 25.8 Å². The first-order valence-corrected chi connectivity index (χ1v) is 12.9. The third kappa shape index (κ3) is 5.31. The van der Waals surface area contributed by atoms with Crippen LogP contribution >= 0.6 is 0 Å². The normalized spacial score (nSPS) is 11.4. The SMILES string of the molecule is CNc1nc2c(C)cc(C)nc2n1-c1ccc(CCNC(=O)NS(=O)(=O)c2ccc(CN)cc2)cc1. The Morgan fingerprint density at radius 1 is 1.00 bits per heavy atom. The van der Waals surface area contributed by atoms with E-state index in [0.29, 0.717) is 18.9 Å². The minimum atomic E-state index is -3.96. The van der Waals surface area contributed by atoms with Crippen LogP contribution in [0.5, 0.6) is 0 Å². The molecule has 2 aromatic heterocycles. The zero-order chi connectivity index (χ0) is 25.9. The van der Waals surface area contributed by atoms with Crippen LogP contribution in [0.2, 0.25) is 0 Å². The number of pyridine rings is 1. The maximum Gasteiger partial charge on any atom is 0.328 e.